The van der Waals surface area contributed by atoms with E-state index in [9.17, 15) is 4.79 Å². The van der Waals surface area contributed by atoms with Gasteiger partial charge in [-0.25, -0.2) is 5.43 Å². The van der Waals surface area contributed by atoms with E-state index in [2.05, 4.69) is 34.8 Å². The summed E-state index contributed by atoms with van der Waals surface area (Å²) in [5.74, 6) is -0.156. The van der Waals surface area contributed by atoms with Gasteiger partial charge >= 0.3 is 5.91 Å². The molecule has 0 unspecified atom stereocenters. The number of benzene rings is 2. The molecule has 0 aliphatic carbocycles. The summed E-state index contributed by atoms with van der Waals surface area (Å²) in [5.41, 5.74) is 6.68. The lowest BCUT2D eigenvalue weighted by molar-refractivity contribution is -0.684. The van der Waals surface area contributed by atoms with Gasteiger partial charge in [0, 0.05) is 12.1 Å². The number of amides is 1. The second kappa shape index (κ2) is 8.02. The van der Waals surface area contributed by atoms with Gasteiger partial charge in [-0.3, -0.25) is 4.79 Å². The summed E-state index contributed by atoms with van der Waals surface area (Å²) in [6.45, 7) is 2.12. The minimum absolute atomic E-state index is 0.156. The van der Waals surface area contributed by atoms with Gasteiger partial charge in [-0.1, -0.05) is 60.7 Å². The molecule has 0 aliphatic heterocycles. The van der Waals surface area contributed by atoms with E-state index in [1.165, 1.54) is 5.56 Å². The van der Waals surface area contributed by atoms with Gasteiger partial charge < -0.3 is 0 Å². The van der Waals surface area contributed by atoms with Crippen molar-refractivity contribution in [2.45, 2.75) is 13.5 Å². The minimum atomic E-state index is -0.156. The molecule has 4 nitrogen and oxygen atoms in total. The molecule has 0 aliphatic rings. The van der Waals surface area contributed by atoms with Gasteiger partial charge in [0.2, 0.25) is 6.54 Å². The molecule has 0 radical (unpaired) electrons. The van der Waals surface area contributed by atoms with Crippen molar-refractivity contribution in [2.24, 2.45) is 5.10 Å². The molecule has 1 aromatic heterocycles. The van der Waals surface area contributed by atoms with Gasteiger partial charge in [0.1, 0.15) is 0 Å². The summed E-state index contributed by atoms with van der Waals surface area (Å²) in [5, 5.41) is 4.20. The van der Waals surface area contributed by atoms with Crippen LogP contribution in [0, 0.1) is 0 Å². The minimum Gasteiger partial charge on any atom is -0.266 e. The molecule has 1 heterocycles. The highest BCUT2D eigenvalue weighted by molar-refractivity contribution is 5.99. The summed E-state index contributed by atoms with van der Waals surface area (Å²) in [7, 11) is 0. The number of carbonyl (C=O) groups excluding carboxylic acids is 1. The van der Waals surface area contributed by atoms with Crippen LogP contribution in [-0.2, 0) is 11.3 Å². The van der Waals surface area contributed by atoms with Crippen LogP contribution in [0.15, 0.2) is 90.3 Å². The average molecular weight is 330 g/mol. The van der Waals surface area contributed by atoms with Crippen LogP contribution in [0.3, 0.4) is 0 Å². The molecule has 25 heavy (non-hydrogen) atoms. The van der Waals surface area contributed by atoms with Crippen molar-refractivity contribution in [1.29, 1.82) is 0 Å². The van der Waals surface area contributed by atoms with E-state index < -0.39 is 0 Å². The van der Waals surface area contributed by atoms with Crippen LogP contribution < -0.4 is 9.99 Å². The first kappa shape index (κ1) is 16.6. The van der Waals surface area contributed by atoms with Gasteiger partial charge in [-0.05, 0) is 23.6 Å². The number of pyridine rings is 1. The van der Waals surface area contributed by atoms with Gasteiger partial charge in [-0.15, -0.1) is 0 Å². The Balaban J connectivity index is 1.63. The molecular formula is C21H20N3O+. The number of rotatable bonds is 5. The van der Waals surface area contributed by atoms with Gasteiger partial charge in [0.05, 0.1) is 5.71 Å². The molecule has 0 fully saturated rings. The van der Waals surface area contributed by atoms with E-state index in [0.29, 0.717) is 0 Å². The van der Waals surface area contributed by atoms with Crippen LogP contribution in [-0.4, -0.2) is 11.6 Å². The van der Waals surface area contributed by atoms with Crippen molar-refractivity contribution in [3.05, 3.63) is 90.8 Å². The molecule has 0 saturated carbocycles. The van der Waals surface area contributed by atoms with E-state index in [1.54, 1.807) is 4.57 Å². The van der Waals surface area contributed by atoms with Gasteiger partial charge in [0.15, 0.2) is 12.4 Å². The number of hydrogen-bond donors (Lipinski definition) is 1. The number of hydrazone groups is 1. The molecule has 1 amide bonds. The molecule has 0 bridgehead atoms. The summed E-state index contributed by atoms with van der Waals surface area (Å²) in [6, 6.07) is 24.0. The van der Waals surface area contributed by atoms with Crippen LogP contribution in [0.4, 0.5) is 0 Å². The standard InChI is InChI=1S/C21H19N3O/c1-17(22-23-21(25)16-24-14-6-3-7-15-24)18-10-12-20(13-11-18)19-8-4-2-5-9-19/h2-15H,16H2,1H3/p+1/b22-17+. The SMILES string of the molecule is C/C(=N\NC(=O)C[n+]1ccccc1)c1ccc(-c2ccccc2)cc1. The number of carbonyl (C=O) groups is 1. The molecule has 3 aromatic rings. The fourth-order valence-electron chi connectivity index (χ4n) is 2.49. The summed E-state index contributed by atoms with van der Waals surface area (Å²) >= 11 is 0. The van der Waals surface area contributed by atoms with Crippen molar-refractivity contribution < 1.29 is 9.36 Å². The first-order valence-electron chi connectivity index (χ1n) is 8.15. The van der Waals surface area contributed by atoms with Gasteiger partial charge in [0.25, 0.3) is 0 Å². The third kappa shape index (κ3) is 4.61. The van der Waals surface area contributed by atoms with E-state index in [-0.39, 0.29) is 12.5 Å². The van der Waals surface area contributed by atoms with Crippen molar-refractivity contribution >= 4 is 11.6 Å². The third-order valence-corrected chi connectivity index (χ3v) is 3.86. The maximum Gasteiger partial charge on any atom is 0.305 e. The van der Waals surface area contributed by atoms with Gasteiger partial charge in [-0.2, -0.15) is 9.67 Å². The second-order valence-corrected chi connectivity index (χ2v) is 5.72. The first-order chi connectivity index (χ1) is 12.2. The quantitative estimate of drug-likeness (QED) is 0.436. The Morgan fingerprint density at radius 2 is 1.48 bits per heavy atom. The van der Waals surface area contributed by atoms with Crippen LogP contribution in [0.25, 0.3) is 11.1 Å². The highest BCUT2D eigenvalue weighted by Crippen LogP contribution is 2.19. The number of aromatic nitrogens is 1. The third-order valence-electron chi connectivity index (χ3n) is 3.86. The van der Waals surface area contributed by atoms with Crippen molar-refractivity contribution in [2.75, 3.05) is 0 Å². The molecule has 4 heteroatoms. The van der Waals surface area contributed by atoms with Crippen molar-refractivity contribution in [1.82, 2.24) is 5.43 Å². The predicted octanol–water partition coefficient (Wildman–Crippen LogP) is 3.18. The van der Waals surface area contributed by atoms with Crippen LogP contribution in [0.5, 0.6) is 0 Å². The second-order valence-electron chi connectivity index (χ2n) is 5.72. The Bertz CT molecular complexity index is 857. The molecule has 1 N–H and O–H groups in total. The summed E-state index contributed by atoms with van der Waals surface area (Å²) in [6.07, 6.45) is 3.69. The lowest BCUT2D eigenvalue weighted by Gasteiger charge is -2.05. The molecule has 0 saturated heterocycles. The fraction of sp³-hybridized carbons (Fsp3) is 0.0952. The Morgan fingerprint density at radius 3 is 2.16 bits per heavy atom. The van der Waals surface area contributed by atoms with E-state index >= 15 is 0 Å². The zero-order valence-electron chi connectivity index (χ0n) is 14.1. The van der Waals surface area contributed by atoms with Crippen LogP contribution in [0.2, 0.25) is 0 Å². The van der Waals surface area contributed by atoms with Crippen LogP contribution in [0.1, 0.15) is 12.5 Å². The maximum absolute atomic E-state index is 11.9. The maximum atomic E-state index is 11.9. The fourth-order valence-corrected chi connectivity index (χ4v) is 2.49. The Hall–Kier alpha value is -3.27. The number of hydrogen-bond acceptors (Lipinski definition) is 2. The Morgan fingerprint density at radius 1 is 0.880 bits per heavy atom. The molecule has 0 atom stereocenters. The molecule has 0 spiro atoms. The van der Waals surface area contributed by atoms with E-state index in [0.717, 1.165) is 16.8 Å². The Labute approximate surface area is 147 Å². The average Bonchev–Trinajstić information content (AvgIpc) is 2.68. The largest absolute Gasteiger partial charge is 0.305 e. The number of nitrogens with one attached hydrogen (secondary N) is 1. The lowest BCUT2D eigenvalue weighted by Crippen LogP contribution is -2.41. The van der Waals surface area contributed by atoms with Crippen LogP contribution >= 0.6 is 0 Å². The summed E-state index contributed by atoms with van der Waals surface area (Å²) in [4.78, 5) is 11.9. The Kier molecular flexibility index (Phi) is 5.32. The zero-order valence-corrected chi connectivity index (χ0v) is 14.1. The molecule has 124 valence electrons. The van der Waals surface area contributed by atoms with Crippen molar-refractivity contribution in [3.8, 4) is 11.1 Å². The molecule has 2 aromatic carbocycles. The van der Waals surface area contributed by atoms with Crippen molar-refractivity contribution in [3.63, 3.8) is 0 Å². The molecular weight excluding hydrogens is 310 g/mol. The topological polar surface area (TPSA) is 45.3 Å². The first-order valence-corrected chi connectivity index (χ1v) is 8.15. The predicted molar refractivity (Wildman–Crippen MR) is 98.9 cm³/mol. The monoisotopic (exact) mass is 330 g/mol. The lowest BCUT2D eigenvalue weighted by atomic mass is 10.0. The molecule has 3 rings (SSSR count). The summed E-state index contributed by atoms with van der Waals surface area (Å²) < 4.78 is 1.80. The highest BCUT2D eigenvalue weighted by atomic mass is 16.2. The number of nitrogens with zero attached hydrogens (tertiary/aromatic N) is 2. The smallest absolute Gasteiger partial charge is 0.266 e. The van der Waals surface area contributed by atoms with E-state index in [1.807, 2.05) is 67.8 Å². The van der Waals surface area contributed by atoms with E-state index in [4.69, 9.17) is 0 Å². The highest BCUT2D eigenvalue weighted by Gasteiger charge is 2.07. The zero-order chi connectivity index (χ0) is 17.5. The normalized spacial score (nSPS) is 11.2.